The van der Waals surface area contributed by atoms with Crippen LogP contribution in [0.2, 0.25) is 0 Å². The summed E-state index contributed by atoms with van der Waals surface area (Å²) >= 11 is 1.92. The van der Waals surface area contributed by atoms with Crippen molar-refractivity contribution in [3.8, 4) is 0 Å². The van der Waals surface area contributed by atoms with Crippen LogP contribution in [0.5, 0.6) is 0 Å². The average Bonchev–Trinajstić information content (AvgIpc) is 2.90. The third-order valence-corrected chi connectivity index (χ3v) is 5.82. The number of ether oxygens (including phenoxy) is 2. The summed E-state index contributed by atoms with van der Waals surface area (Å²) in [5.41, 5.74) is 0.221. The summed E-state index contributed by atoms with van der Waals surface area (Å²) in [5.74, 6) is 0. The molecule has 3 heterocycles. The Labute approximate surface area is 132 Å². The van der Waals surface area contributed by atoms with E-state index in [1.54, 1.807) is 0 Å². The molecule has 2 saturated heterocycles. The van der Waals surface area contributed by atoms with Gasteiger partial charge in [0.05, 0.1) is 12.7 Å². The van der Waals surface area contributed by atoms with E-state index >= 15 is 0 Å². The molecule has 0 amide bonds. The van der Waals surface area contributed by atoms with E-state index in [1.807, 2.05) is 11.3 Å². The molecule has 0 aliphatic carbocycles. The van der Waals surface area contributed by atoms with E-state index in [-0.39, 0.29) is 5.41 Å². The van der Waals surface area contributed by atoms with Gasteiger partial charge in [0.25, 0.3) is 0 Å². The minimum Gasteiger partial charge on any atom is -0.381 e. The third-order valence-electron chi connectivity index (χ3n) is 4.84. The Bertz CT molecular complexity index is 461. The van der Waals surface area contributed by atoms with Crippen molar-refractivity contribution in [2.75, 3.05) is 32.9 Å². The fraction of sp³-hybridized carbons (Fsp3) is 0.765. The van der Waals surface area contributed by atoms with Crippen molar-refractivity contribution in [2.24, 2.45) is 5.41 Å². The van der Waals surface area contributed by atoms with Crippen LogP contribution in [0.15, 0.2) is 12.1 Å². The number of hydrogen-bond acceptors (Lipinski definition) is 4. The normalized spacial score (nSPS) is 30.3. The van der Waals surface area contributed by atoms with Gasteiger partial charge < -0.3 is 9.47 Å². The van der Waals surface area contributed by atoms with Crippen LogP contribution >= 0.6 is 11.3 Å². The summed E-state index contributed by atoms with van der Waals surface area (Å²) in [6.07, 6.45) is 3.98. The van der Waals surface area contributed by atoms with Crippen molar-refractivity contribution in [3.63, 3.8) is 0 Å². The lowest BCUT2D eigenvalue weighted by molar-refractivity contribution is -0.153. The molecule has 4 heteroatoms. The van der Waals surface area contributed by atoms with E-state index in [0.29, 0.717) is 6.10 Å². The molecular weight excluding hydrogens is 282 g/mol. The van der Waals surface area contributed by atoms with Gasteiger partial charge in [-0.1, -0.05) is 0 Å². The molecular formula is C17H27NO2S. The van der Waals surface area contributed by atoms with E-state index in [0.717, 1.165) is 45.9 Å². The zero-order valence-electron chi connectivity index (χ0n) is 13.3. The van der Waals surface area contributed by atoms with Crippen LogP contribution in [0.3, 0.4) is 0 Å². The van der Waals surface area contributed by atoms with Crippen molar-refractivity contribution in [1.29, 1.82) is 0 Å². The summed E-state index contributed by atoms with van der Waals surface area (Å²) in [6, 6.07) is 4.51. The first-order valence-electron chi connectivity index (χ1n) is 8.19. The lowest BCUT2D eigenvalue weighted by Gasteiger charge is -2.50. The first kappa shape index (κ1) is 15.5. The highest BCUT2D eigenvalue weighted by atomic mass is 32.1. The number of hydrogen-bond donors (Lipinski definition) is 0. The van der Waals surface area contributed by atoms with Crippen LogP contribution in [0.4, 0.5) is 0 Å². The number of likely N-dealkylation sites (tertiary alicyclic amines) is 1. The van der Waals surface area contributed by atoms with Gasteiger partial charge in [0.2, 0.25) is 0 Å². The Morgan fingerprint density at radius 3 is 3.14 bits per heavy atom. The van der Waals surface area contributed by atoms with Crippen molar-refractivity contribution >= 4 is 11.3 Å². The maximum absolute atomic E-state index is 6.08. The number of nitrogens with zero attached hydrogens (tertiary/aromatic N) is 1. The van der Waals surface area contributed by atoms with Gasteiger partial charge in [0, 0.05) is 48.0 Å². The monoisotopic (exact) mass is 309 g/mol. The Morgan fingerprint density at radius 2 is 2.38 bits per heavy atom. The Morgan fingerprint density at radius 1 is 1.48 bits per heavy atom. The van der Waals surface area contributed by atoms with E-state index in [9.17, 15) is 0 Å². The molecule has 21 heavy (non-hydrogen) atoms. The van der Waals surface area contributed by atoms with Crippen molar-refractivity contribution in [2.45, 2.75) is 45.8 Å². The summed E-state index contributed by atoms with van der Waals surface area (Å²) in [7, 11) is 0. The minimum absolute atomic E-state index is 0.221. The van der Waals surface area contributed by atoms with Crippen LogP contribution in [-0.4, -0.2) is 43.9 Å². The highest BCUT2D eigenvalue weighted by Gasteiger charge is 2.46. The van der Waals surface area contributed by atoms with Gasteiger partial charge in [-0.15, -0.1) is 11.3 Å². The van der Waals surface area contributed by atoms with Gasteiger partial charge in [-0.3, -0.25) is 4.90 Å². The molecule has 1 aromatic heterocycles. The highest BCUT2D eigenvalue weighted by molar-refractivity contribution is 7.11. The van der Waals surface area contributed by atoms with E-state index in [4.69, 9.17) is 9.47 Å². The molecule has 0 spiro atoms. The van der Waals surface area contributed by atoms with Gasteiger partial charge in [-0.25, -0.2) is 0 Å². The molecule has 1 aromatic rings. The minimum atomic E-state index is 0.221. The van der Waals surface area contributed by atoms with Crippen molar-refractivity contribution in [1.82, 2.24) is 4.90 Å². The summed E-state index contributed by atoms with van der Waals surface area (Å²) < 4.78 is 11.9. The predicted molar refractivity (Wildman–Crippen MR) is 86.9 cm³/mol. The molecule has 0 bridgehead atoms. The number of aryl methyl sites for hydroxylation is 1. The van der Waals surface area contributed by atoms with Crippen molar-refractivity contribution in [3.05, 3.63) is 21.9 Å². The van der Waals surface area contributed by atoms with Crippen LogP contribution in [-0.2, 0) is 16.0 Å². The molecule has 0 radical (unpaired) electrons. The van der Waals surface area contributed by atoms with Gasteiger partial charge in [-0.2, -0.15) is 0 Å². The zero-order chi connectivity index (χ0) is 14.7. The molecule has 0 N–H and O–H groups in total. The number of fused-ring (bicyclic) bond motifs is 1. The highest BCUT2D eigenvalue weighted by Crippen LogP contribution is 2.41. The molecule has 3 nitrogen and oxygen atoms in total. The average molecular weight is 309 g/mol. The second-order valence-corrected chi connectivity index (χ2v) is 7.85. The molecule has 0 saturated carbocycles. The third kappa shape index (κ3) is 3.50. The van der Waals surface area contributed by atoms with Gasteiger partial charge in [0.15, 0.2) is 0 Å². The molecule has 118 valence electrons. The number of piperidine rings is 1. The summed E-state index contributed by atoms with van der Waals surface area (Å²) in [5, 5.41) is 0. The van der Waals surface area contributed by atoms with Crippen LogP contribution < -0.4 is 0 Å². The van der Waals surface area contributed by atoms with E-state index in [2.05, 4.69) is 30.9 Å². The van der Waals surface area contributed by atoms with Crippen LogP contribution in [0.1, 0.15) is 35.9 Å². The summed E-state index contributed by atoms with van der Waals surface area (Å²) in [4.78, 5) is 5.49. The molecule has 0 aromatic carbocycles. The Kier molecular flexibility index (Phi) is 4.99. The van der Waals surface area contributed by atoms with Crippen molar-refractivity contribution < 1.29 is 9.47 Å². The molecule has 2 atom stereocenters. The lowest BCUT2D eigenvalue weighted by Crippen LogP contribution is -2.56. The van der Waals surface area contributed by atoms with Crippen LogP contribution in [0, 0.1) is 12.3 Å². The lowest BCUT2D eigenvalue weighted by atomic mass is 9.73. The summed E-state index contributed by atoms with van der Waals surface area (Å²) in [6.45, 7) is 10.2. The first-order chi connectivity index (χ1) is 10.2. The van der Waals surface area contributed by atoms with E-state index in [1.165, 1.54) is 22.6 Å². The molecule has 3 rings (SSSR count). The first-order valence-corrected chi connectivity index (χ1v) is 9.00. The fourth-order valence-electron chi connectivity index (χ4n) is 3.82. The largest absolute Gasteiger partial charge is 0.381 e. The zero-order valence-corrected chi connectivity index (χ0v) is 14.1. The van der Waals surface area contributed by atoms with Crippen LogP contribution in [0.25, 0.3) is 0 Å². The Hall–Kier alpha value is -0.420. The standard InChI is InChI=1S/C17H27NO2S/c1-3-19-13-17-8-4-10-20-16(17)7-9-18(12-17)11-15-6-5-14(2)21-15/h5-6,16H,3-4,7-13H2,1-2H3/t16-,17+/m0/s1. The second-order valence-electron chi connectivity index (χ2n) is 6.47. The van der Waals surface area contributed by atoms with Gasteiger partial charge in [-0.05, 0) is 45.2 Å². The van der Waals surface area contributed by atoms with Gasteiger partial charge in [0.1, 0.15) is 0 Å². The molecule has 2 aliphatic rings. The SMILES string of the molecule is CCOC[C@]12CCCO[C@H]1CCN(Cc1ccc(C)s1)C2. The predicted octanol–water partition coefficient (Wildman–Crippen LogP) is 3.46. The quantitative estimate of drug-likeness (QED) is 0.831. The molecule has 2 aliphatic heterocycles. The number of rotatable bonds is 5. The Balaban J connectivity index is 1.68. The molecule has 2 fully saturated rings. The maximum atomic E-state index is 6.08. The maximum Gasteiger partial charge on any atom is 0.0677 e. The smallest absolute Gasteiger partial charge is 0.0677 e. The topological polar surface area (TPSA) is 21.7 Å². The van der Waals surface area contributed by atoms with E-state index < -0.39 is 0 Å². The van der Waals surface area contributed by atoms with Gasteiger partial charge >= 0.3 is 0 Å². The fourth-order valence-corrected chi connectivity index (χ4v) is 4.76. The second kappa shape index (κ2) is 6.78. The number of thiophene rings is 1. The molecule has 0 unspecified atom stereocenters.